The van der Waals surface area contributed by atoms with Gasteiger partial charge in [-0.3, -0.25) is 4.98 Å². The molecule has 0 aliphatic heterocycles. The van der Waals surface area contributed by atoms with Gasteiger partial charge < -0.3 is 33.7 Å². The molecule has 2 aromatic carbocycles. The average molecular weight is 539 g/mol. The van der Waals surface area contributed by atoms with Gasteiger partial charge in [0.25, 0.3) is 0 Å². The third-order valence-corrected chi connectivity index (χ3v) is 5.95. The molecule has 0 saturated carbocycles. The van der Waals surface area contributed by atoms with Gasteiger partial charge in [0.1, 0.15) is 5.75 Å². The van der Waals surface area contributed by atoms with Gasteiger partial charge in [0.2, 0.25) is 0 Å². The van der Waals surface area contributed by atoms with Crippen LogP contribution in [0.5, 0.6) is 5.75 Å². The van der Waals surface area contributed by atoms with Crippen molar-refractivity contribution in [3.05, 3.63) is 72.1 Å². The van der Waals surface area contributed by atoms with E-state index in [1.54, 1.807) is 14.2 Å². The van der Waals surface area contributed by atoms with Crippen LogP contribution in [0.15, 0.2) is 60.8 Å². The number of methoxy groups -OCH3 is 2. The van der Waals surface area contributed by atoms with Crippen LogP contribution in [0.3, 0.4) is 0 Å². The number of rotatable bonds is 20. The molecule has 212 valence electrons. The Morgan fingerprint density at radius 3 is 2.08 bits per heavy atom. The number of aryl methyl sites for hydroxylation is 1. The molecule has 0 unspecified atom stereocenters. The largest absolute Gasteiger partial charge is 0.496 e. The number of hydrogen-bond donors (Lipinski definition) is 1. The predicted molar refractivity (Wildman–Crippen MR) is 153 cm³/mol. The summed E-state index contributed by atoms with van der Waals surface area (Å²) in [7, 11) is 3.35. The molecule has 3 aromatic rings. The lowest BCUT2D eigenvalue weighted by Crippen LogP contribution is -2.24. The van der Waals surface area contributed by atoms with Crippen LogP contribution in [-0.4, -0.2) is 85.1 Å². The van der Waals surface area contributed by atoms with Crippen LogP contribution in [0.4, 0.5) is 0 Å². The molecule has 0 fully saturated rings. The smallest absolute Gasteiger partial charge is 0.126 e. The molecule has 8 heteroatoms. The molecule has 1 aromatic heterocycles. The lowest BCUT2D eigenvalue weighted by molar-refractivity contribution is 0.00396. The average Bonchev–Trinajstić information content (AvgIpc) is 2.96. The first-order chi connectivity index (χ1) is 19.2. The highest BCUT2D eigenvalue weighted by atomic mass is 16.6. The lowest BCUT2D eigenvalue weighted by atomic mass is 9.97. The molecule has 1 N–H and O–H groups in total. The standard InChI is InChI=1S/C31H42N2O6/c1-25-5-4-6-26(21-25)27-7-8-31(35-3)30(23-27)28-9-10-33-29(22-28)24-39-14-12-32-11-13-36-17-18-38-20-19-37-16-15-34-2/h4-10,21-23,32H,11-20,24H2,1-3H3. The molecule has 1 heterocycles. The van der Waals surface area contributed by atoms with Crippen LogP contribution in [0, 0.1) is 6.92 Å². The van der Waals surface area contributed by atoms with E-state index < -0.39 is 0 Å². The normalized spacial score (nSPS) is 11.2. The van der Waals surface area contributed by atoms with Crippen molar-refractivity contribution in [2.24, 2.45) is 0 Å². The van der Waals surface area contributed by atoms with E-state index >= 15 is 0 Å². The van der Waals surface area contributed by atoms with Gasteiger partial charge in [0.05, 0.1) is 72.3 Å². The molecule has 0 amide bonds. The van der Waals surface area contributed by atoms with Crippen LogP contribution < -0.4 is 10.1 Å². The Morgan fingerprint density at radius 1 is 0.667 bits per heavy atom. The first-order valence-corrected chi connectivity index (χ1v) is 13.4. The van der Waals surface area contributed by atoms with E-state index in [0.29, 0.717) is 59.5 Å². The second-order valence-electron chi connectivity index (χ2n) is 8.95. The molecule has 0 atom stereocenters. The summed E-state index contributed by atoms with van der Waals surface area (Å²) in [6.07, 6.45) is 1.82. The second kappa shape index (κ2) is 18.4. The summed E-state index contributed by atoms with van der Waals surface area (Å²) in [5, 5.41) is 3.32. The number of benzene rings is 2. The van der Waals surface area contributed by atoms with Crippen molar-refractivity contribution in [1.29, 1.82) is 0 Å². The molecule has 0 bridgehead atoms. The maximum atomic E-state index is 5.84. The summed E-state index contributed by atoms with van der Waals surface area (Å²) in [4.78, 5) is 4.49. The fourth-order valence-electron chi connectivity index (χ4n) is 3.94. The molecule has 0 spiro atoms. The number of aromatic nitrogens is 1. The van der Waals surface area contributed by atoms with E-state index in [4.69, 9.17) is 28.4 Å². The van der Waals surface area contributed by atoms with E-state index in [1.165, 1.54) is 11.1 Å². The number of nitrogens with one attached hydrogen (secondary N) is 1. The highest BCUT2D eigenvalue weighted by Crippen LogP contribution is 2.34. The van der Waals surface area contributed by atoms with Crippen molar-refractivity contribution in [2.75, 3.05) is 80.2 Å². The van der Waals surface area contributed by atoms with Gasteiger partial charge >= 0.3 is 0 Å². The van der Waals surface area contributed by atoms with Crippen LogP contribution in [0.25, 0.3) is 22.3 Å². The topological polar surface area (TPSA) is 80.3 Å². The number of nitrogens with zero attached hydrogens (tertiary/aromatic N) is 1. The van der Waals surface area contributed by atoms with Gasteiger partial charge in [0, 0.05) is 32.0 Å². The zero-order chi connectivity index (χ0) is 27.5. The van der Waals surface area contributed by atoms with Crippen molar-refractivity contribution in [3.8, 4) is 28.0 Å². The van der Waals surface area contributed by atoms with Gasteiger partial charge in [-0.05, 0) is 47.9 Å². The first-order valence-electron chi connectivity index (χ1n) is 13.4. The predicted octanol–water partition coefficient (Wildman–Crippen LogP) is 4.54. The summed E-state index contributed by atoms with van der Waals surface area (Å²) in [5.74, 6) is 0.828. The fourth-order valence-corrected chi connectivity index (χ4v) is 3.94. The second-order valence-corrected chi connectivity index (χ2v) is 8.95. The van der Waals surface area contributed by atoms with Gasteiger partial charge in [0.15, 0.2) is 0 Å². The molecule has 8 nitrogen and oxygen atoms in total. The van der Waals surface area contributed by atoms with Crippen molar-refractivity contribution in [3.63, 3.8) is 0 Å². The van der Waals surface area contributed by atoms with Crippen LogP contribution in [0.1, 0.15) is 11.3 Å². The zero-order valence-electron chi connectivity index (χ0n) is 23.4. The fraction of sp³-hybridized carbons (Fsp3) is 0.452. The van der Waals surface area contributed by atoms with Crippen LogP contribution >= 0.6 is 0 Å². The Labute approximate surface area is 232 Å². The summed E-state index contributed by atoms with van der Waals surface area (Å²) in [5.41, 5.74) is 6.52. The number of ether oxygens (including phenoxy) is 6. The Kier molecular flexibility index (Phi) is 14.5. The third kappa shape index (κ3) is 11.4. The maximum absolute atomic E-state index is 5.84. The first kappa shape index (κ1) is 30.7. The van der Waals surface area contributed by atoms with Gasteiger partial charge in [-0.1, -0.05) is 35.9 Å². The Bertz CT molecular complexity index is 1090. The molecular weight excluding hydrogens is 496 g/mol. The summed E-state index contributed by atoms with van der Waals surface area (Å²) in [6.45, 7) is 8.71. The molecule has 0 radical (unpaired) electrons. The van der Waals surface area contributed by atoms with Gasteiger partial charge in [-0.2, -0.15) is 0 Å². The van der Waals surface area contributed by atoms with E-state index in [0.717, 1.165) is 41.2 Å². The quantitative estimate of drug-likeness (QED) is 0.210. The molecule has 0 saturated heterocycles. The molecule has 0 aliphatic rings. The summed E-state index contributed by atoms with van der Waals surface area (Å²) < 4.78 is 32.8. The zero-order valence-corrected chi connectivity index (χ0v) is 23.4. The highest BCUT2D eigenvalue weighted by molar-refractivity contribution is 5.78. The van der Waals surface area contributed by atoms with Crippen LogP contribution in [0.2, 0.25) is 0 Å². The summed E-state index contributed by atoms with van der Waals surface area (Å²) >= 11 is 0. The molecule has 39 heavy (non-hydrogen) atoms. The minimum atomic E-state index is 0.443. The number of hydrogen-bond acceptors (Lipinski definition) is 8. The van der Waals surface area contributed by atoms with Crippen molar-refractivity contribution < 1.29 is 28.4 Å². The highest BCUT2D eigenvalue weighted by Gasteiger charge is 2.10. The Hall–Kier alpha value is -2.85. The SMILES string of the molecule is COCCOCCOCCOCCNCCOCc1cc(-c2cc(-c3cccc(C)c3)ccc2OC)ccn1. The third-order valence-electron chi connectivity index (χ3n) is 5.95. The van der Waals surface area contributed by atoms with Gasteiger partial charge in [-0.15, -0.1) is 0 Å². The van der Waals surface area contributed by atoms with Crippen molar-refractivity contribution in [2.45, 2.75) is 13.5 Å². The van der Waals surface area contributed by atoms with Crippen molar-refractivity contribution >= 4 is 0 Å². The Morgan fingerprint density at radius 2 is 1.36 bits per heavy atom. The number of pyridine rings is 1. The van der Waals surface area contributed by atoms with E-state index in [-0.39, 0.29) is 0 Å². The minimum absolute atomic E-state index is 0.443. The maximum Gasteiger partial charge on any atom is 0.126 e. The molecule has 0 aliphatic carbocycles. The van der Waals surface area contributed by atoms with E-state index in [2.05, 4.69) is 59.7 Å². The minimum Gasteiger partial charge on any atom is -0.496 e. The lowest BCUT2D eigenvalue weighted by Gasteiger charge is -2.13. The molecule has 3 rings (SSSR count). The Balaban J connectivity index is 1.34. The molecular formula is C31H42N2O6. The van der Waals surface area contributed by atoms with E-state index in [1.807, 2.05) is 18.3 Å². The van der Waals surface area contributed by atoms with Crippen molar-refractivity contribution in [1.82, 2.24) is 10.3 Å². The van der Waals surface area contributed by atoms with Gasteiger partial charge in [-0.25, -0.2) is 0 Å². The summed E-state index contributed by atoms with van der Waals surface area (Å²) in [6, 6.07) is 18.9. The van der Waals surface area contributed by atoms with Crippen LogP contribution in [-0.2, 0) is 30.3 Å². The van der Waals surface area contributed by atoms with E-state index in [9.17, 15) is 0 Å². The monoisotopic (exact) mass is 538 g/mol.